The summed E-state index contributed by atoms with van der Waals surface area (Å²) in [6.07, 6.45) is 3.74. The van der Waals surface area contributed by atoms with E-state index >= 15 is 0 Å². The fraction of sp³-hybridized carbons (Fsp3) is 1.00. The van der Waals surface area contributed by atoms with Gasteiger partial charge in [-0.1, -0.05) is 27.7 Å². The van der Waals surface area contributed by atoms with Crippen LogP contribution in [0, 0.1) is 5.92 Å². The molecule has 0 radical (unpaired) electrons. The third kappa shape index (κ3) is 4.76. The fourth-order valence-electron chi connectivity index (χ4n) is 1.67. The van der Waals surface area contributed by atoms with Crippen LogP contribution < -0.4 is 5.32 Å². The minimum atomic E-state index is 0.365. The molecule has 0 aliphatic heterocycles. The van der Waals surface area contributed by atoms with Crippen LogP contribution in [0.1, 0.15) is 53.9 Å². The van der Waals surface area contributed by atoms with Crippen molar-refractivity contribution in [3.8, 4) is 0 Å². The summed E-state index contributed by atoms with van der Waals surface area (Å²) < 4.78 is 0. The Bertz CT molecular complexity index is 110. The largest absolute Gasteiger partial charge is 0.312 e. The van der Waals surface area contributed by atoms with Crippen molar-refractivity contribution < 1.29 is 0 Å². The maximum Gasteiger partial charge on any atom is 0.0153 e. The van der Waals surface area contributed by atoms with Crippen LogP contribution in [0.4, 0.5) is 0 Å². The van der Waals surface area contributed by atoms with Crippen molar-refractivity contribution in [1.82, 2.24) is 5.32 Å². The highest BCUT2D eigenvalue weighted by Crippen LogP contribution is 2.19. The van der Waals surface area contributed by atoms with Gasteiger partial charge in [-0.15, -0.1) is 0 Å². The minimum absolute atomic E-state index is 0.365. The van der Waals surface area contributed by atoms with E-state index in [0.717, 1.165) is 12.5 Å². The van der Waals surface area contributed by atoms with Crippen molar-refractivity contribution in [1.29, 1.82) is 0 Å². The lowest BCUT2D eigenvalue weighted by Gasteiger charge is -2.31. The van der Waals surface area contributed by atoms with Crippen molar-refractivity contribution >= 4 is 0 Å². The molecule has 0 aliphatic rings. The molecule has 1 atom stereocenters. The van der Waals surface area contributed by atoms with Crippen LogP contribution >= 0.6 is 0 Å². The Kier molecular flexibility index (Phi) is 5.56. The highest BCUT2D eigenvalue weighted by molar-refractivity contribution is 4.82. The van der Waals surface area contributed by atoms with Crippen molar-refractivity contribution in [3.05, 3.63) is 0 Å². The summed E-state index contributed by atoms with van der Waals surface area (Å²) in [5.41, 5.74) is 0.365. The van der Waals surface area contributed by atoms with E-state index in [9.17, 15) is 0 Å². The van der Waals surface area contributed by atoms with Crippen molar-refractivity contribution in [3.63, 3.8) is 0 Å². The molecule has 0 saturated heterocycles. The summed E-state index contributed by atoms with van der Waals surface area (Å²) in [4.78, 5) is 0. The number of hydrogen-bond acceptors (Lipinski definition) is 1. The summed E-state index contributed by atoms with van der Waals surface area (Å²) in [6.45, 7) is 12.6. The van der Waals surface area contributed by atoms with Gasteiger partial charge in [0.05, 0.1) is 0 Å². The Morgan fingerprint density at radius 2 is 1.83 bits per heavy atom. The van der Waals surface area contributed by atoms with Crippen LogP contribution in [-0.4, -0.2) is 12.1 Å². The summed E-state index contributed by atoms with van der Waals surface area (Å²) in [6, 6.07) is 0. The highest BCUT2D eigenvalue weighted by Gasteiger charge is 2.21. The van der Waals surface area contributed by atoms with Gasteiger partial charge in [0, 0.05) is 5.54 Å². The predicted octanol–water partition coefficient (Wildman–Crippen LogP) is 3.20. The maximum absolute atomic E-state index is 3.63. The van der Waals surface area contributed by atoms with E-state index in [1.165, 1.54) is 19.3 Å². The minimum Gasteiger partial charge on any atom is -0.312 e. The van der Waals surface area contributed by atoms with E-state index in [-0.39, 0.29) is 0 Å². The average molecular weight is 171 g/mol. The summed E-state index contributed by atoms with van der Waals surface area (Å²) in [5, 5.41) is 3.63. The first-order chi connectivity index (χ1) is 5.54. The van der Waals surface area contributed by atoms with Gasteiger partial charge < -0.3 is 5.32 Å². The fourth-order valence-corrected chi connectivity index (χ4v) is 1.67. The van der Waals surface area contributed by atoms with Gasteiger partial charge in [-0.25, -0.2) is 0 Å². The molecule has 1 nitrogen and oxygen atoms in total. The van der Waals surface area contributed by atoms with Crippen LogP contribution in [0.2, 0.25) is 0 Å². The molecule has 0 spiro atoms. The molecule has 12 heavy (non-hydrogen) atoms. The third-order valence-electron chi connectivity index (χ3n) is 2.44. The first-order valence-corrected chi connectivity index (χ1v) is 5.29. The molecule has 0 amide bonds. The topological polar surface area (TPSA) is 12.0 Å². The zero-order valence-electron chi connectivity index (χ0n) is 9.41. The standard InChI is InChI=1S/C11H25N/c1-6-8-12-11(5,7-2)9-10(3)4/h10,12H,6-9H2,1-5H3/t11-/m0/s1. The zero-order valence-corrected chi connectivity index (χ0v) is 9.41. The molecular formula is C11H25N. The second-order valence-corrected chi connectivity index (χ2v) is 4.44. The van der Waals surface area contributed by atoms with Crippen LogP contribution in [0.25, 0.3) is 0 Å². The molecule has 0 unspecified atom stereocenters. The van der Waals surface area contributed by atoms with Crippen molar-refractivity contribution in [2.24, 2.45) is 5.92 Å². The van der Waals surface area contributed by atoms with Crippen molar-refractivity contribution in [2.75, 3.05) is 6.54 Å². The van der Waals surface area contributed by atoms with Crippen LogP contribution in [-0.2, 0) is 0 Å². The second kappa shape index (κ2) is 5.58. The molecule has 0 aromatic carbocycles. The number of nitrogens with one attached hydrogen (secondary N) is 1. The number of hydrogen-bond donors (Lipinski definition) is 1. The summed E-state index contributed by atoms with van der Waals surface area (Å²) >= 11 is 0. The lowest BCUT2D eigenvalue weighted by molar-refractivity contribution is 0.283. The second-order valence-electron chi connectivity index (χ2n) is 4.44. The Morgan fingerprint density at radius 1 is 1.25 bits per heavy atom. The SMILES string of the molecule is CCCN[C@@](C)(CC)CC(C)C. The molecule has 0 saturated carbocycles. The maximum atomic E-state index is 3.63. The monoisotopic (exact) mass is 171 g/mol. The quantitative estimate of drug-likeness (QED) is 0.647. The summed E-state index contributed by atoms with van der Waals surface area (Å²) in [7, 11) is 0. The van der Waals surface area contributed by atoms with E-state index in [0.29, 0.717) is 5.54 Å². The normalized spacial score (nSPS) is 16.5. The lowest BCUT2D eigenvalue weighted by Crippen LogP contribution is -2.43. The van der Waals surface area contributed by atoms with Gasteiger partial charge in [0.25, 0.3) is 0 Å². The molecule has 0 heterocycles. The predicted molar refractivity (Wildman–Crippen MR) is 56.4 cm³/mol. The van der Waals surface area contributed by atoms with E-state index in [1.54, 1.807) is 0 Å². The van der Waals surface area contributed by atoms with Gasteiger partial charge in [0.2, 0.25) is 0 Å². The Hall–Kier alpha value is -0.0400. The molecule has 74 valence electrons. The Morgan fingerprint density at radius 3 is 2.17 bits per heavy atom. The molecule has 1 N–H and O–H groups in total. The Labute approximate surface area is 77.9 Å². The van der Waals surface area contributed by atoms with Crippen LogP contribution in [0.15, 0.2) is 0 Å². The van der Waals surface area contributed by atoms with E-state index in [4.69, 9.17) is 0 Å². The molecule has 0 rings (SSSR count). The zero-order chi connectivity index (χ0) is 9.61. The average Bonchev–Trinajstić information content (AvgIpc) is 2.00. The van der Waals surface area contributed by atoms with Gasteiger partial charge in [-0.2, -0.15) is 0 Å². The molecule has 0 aromatic heterocycles. The molecule has 0 fully saturated rings. The Balaban J connectivity index is 3.86. The molecule has 0 bridgehead atoms. The molecule has 1 heteroatoms. The van der Waals surface area contributed by atoms with E-state index in [2.05, 4.69) is 39.9 Å². The third-order valence-corrected chi connectivity index (χ3v) is 2.44. The lowest BCUT2D eigenvalue weighted by atomic mass is 9.88. The van der Waals surface area contributed by atoms with Crippen LogP contribution in [0.5, 0.6) is 0 Å². The van der Waals surface area contributed by atoms with Gasteiger partial charge in [-0.3, -0.25) is 0 Å². The highest BCUT2D eigenvalue weighted by atomic mass is 15.0. The van der Waals surface area contributed by atoms with E-state index in [1.807, 2.05) is 0 Å². The van der Waals surface area contributed by atoms with Gasteiger partial charge in [-0.05, 0) is 38.6 Å². The smallest absolute Gasteiger partial charge is 0.0153 e. The van der Waals surface area contributed by atoms with Gasteiger partial charge in [0.15, 0.2) is 0 Å². The molecule has 0 aromatic rings. The van der Waals surface area contributed by atoms with Crippen LogP contribution in [0.3, 0.4) is 0 Å². The first-order valence-electron chi connectivity index (χ1n) is 5.29. The van der Waals surface area contributed by atoms with Gasteiger partial charge in [0.1, 0.15) is 0 Å². The first kappa shape index (κ1) is 12.0. The summed E-state index contributed by atoms with van der Waals surface area (Å²) in [5.74, 6) is 0.791. The van der Waals surface area contributed by atoms with E-state index < -0.39 is 0 Å². The number of rotatable bonds is 6. The van der Waals surface area contributed by atoms with Crippen molar-refractivity contribution in [2.45, 2.75) is 59.4 Å². The molecule has 0 aliphatic carbocycles. The van der Waals surface area contributed by atoms with Gasteiger partial charge >= 0.3 is 0 Å². The molecular weight excluding hydrogens is 146 g/mol.